The van der Waals surface area contributed by atoms with Gasteiger partial charge in [-0.1, -0.05) is 18.2 Å². The fourth-order valence-corrected chi connectivity index (χ4v) is 4.98. The number of nitrogens with zero attached hydrogens (tertiary/aromatic N) is 1. The van der Waals surface area contributed by atoms with Crippen molar-refractivity contribution in [1.82, 2.24) is 9.62 Å². The van der Waals surface area contributed by atoms with Gasteiger partial charge in [0, 0.05) is 18.8 Å². The Hall–Kier alpha value is -2.91. The van der Waals surface area contributed by atoms with Crippen LogP contribution < -0.4 is 15.4 Å². The normalized spacial score (nSPS) is 18.1. The first-order chi connectivity index (χ1) is 14.8. The quantitative estimate of drug-likeness (QED) is 0.680. The van der Waals surface area contributed by atoms with Gasteiger partial charge in [0.25, 0.3) is 0 Å². The molecule has 0 aromatic heterocycles. The molecule has 9 heteroatoms. The van der Waals surface area contributed by atoms with Crippen molar-refractivity contribution in [2.75, 3.05) is 25.5 Å². The maximum atomic E-state index is 12.9. The summed E-state index contributed by atoms with van der Waals surface area (Å²) in [6, 6.07) is 14.3. The van der Waals surface area contributed by atoms with Gasteiger partial charge >= 0.3 is 0 Å². The van der Waals surface area contributed by atoms with Crippen molar-refractivity contribution >= 4 is 27.5 Å². The minimum atomic E-state index is -3.66. The van der Waals surface area contributed by atoms with E-state index in [9.17, 15) is 18.0 Å². The minimum Gasteiger partial charge on any atom is -0.497 e. The van der Waals surface area contributed by atoms with E-state index in [1.54, 1.807) is 68.6 Å². The molecule has 1 aliphatic heterocycles. The molecule has 1 saturated heterocycles. The monoisotopic (exact) mass is 445 g/mol. The second kappa shape index (κ2) is 9.93. The molecule has 0 bridgehead atoms. The van der Waals surface area contributed by atoms with Crippen LogP contribution in [-0.2, 0) is 19.6 Å². The number of benzene rings is 2. The largest absolute Gasteiger partial charge is 0.497 e. The Morgan fingerprint density at radius 1 is 1.10 bits per heavy atom. The molecule has 0 spiro atoms. The average Bonchev–Trinajstić information content (AvgIpc) is 2.80. The molecular weight excluding hydrogens is 418 g/mol. The molecule has 2 aromatic rings. The van der Waals surface area contributed by atoms with Gasteiger partial charge in [0.1, 0.15) is 11.8 Å². The van der Waals surface area contributed by atoms with Crippen LogP contribution >= 0.6 is 0 Å². The third-order valence-corrected chi connectivity index (χ3v) is 7.12. The number of piperidine rings is 1. The highest BCUT2D eigenvalue weighted by Gasteiger charge is 2.34. The minimum absolute atomic E-state index is 0.0931. The van der Waals surface area contributed by atoms with E-state index in [0.29, 0.717) is 30.8 Å². The van der Waals surface area contributed by atoms with Crippen molar-refractivity contribution in [3.8, 4) is 5.75 Å². The predicted molar refractivity (Wildman–Crippen MR) is 117 cm³/mol. The van der Waals surface area contributed by atoms with E-state index in [1.165, 1.54) is 4.31 Å². The number of amides is 2. The second-order valence-electron chi connectivity index (χ2n) is 7.46. The smallest absolute Gasteiger partial charge is 0.246 e. The summed E-state index contributed by atoms with van der Waals surface area (Å²) in [7, 11) is -2.10. The first kappa shape index (κ1) is 22.8. The molecule has 2 N–H and O–H groups in total. The number of rotatable bonds is 7. The van der Waals surface area contributed by atoms with Crippen LogP contribution in [0.2, 0.25) is 0 Å². The summed E-state index contributed by atoms with van der Waals surface area (Å²) in [5.74, 6) is -0.524. The molecule has 0 saturated carbocycles. The molecule has 0 radical (unpaired) electrons. The molecule has 1 fully saturated rings. The Bertz CT molecular complexity index is 1010. The lowest BCUT2D eigenvalue weighted by Gasteiger charge is -2.31. The number of nitrogens with one attached hydrogen (secondary N) is 2. The number of hydrogen-bond acceptors (Lipinski definition) is 5. The summed E-state index contributed by atoms with van der Waals surface area (Å²) in [4.78, 5) is 25.4. The van der Waals surface area contributed by atoms with Gasteiger partial charge in [-0.05, 0) is 56.2 Å². The summed E-state index contributed by atoms with van der Waals surface area (Å²) in [5, 5.41) is 5.45. The lowest BCUT2D eigenvalue weighted by Crippen LogP contribution is -2.49. The highest BCUT2D eigenvalue weighted by Crippen LogP contribution is 2.24. The Labute approximate surface area is 182 Å². The zero-order valence-electron chi connectivity index (χ0n) is 17.6. The number of carbonyl (C=O) groups excluding carboxylic acids is 2. The number of carbonyl (C=O) groups is 2. The maximum absolute atomic E-state index is 12.9. The summed E-state index contributed by atoms with van der Waals surface area (Å²) in [5.41, 5.74) is 0.588. The average molecular weight is 446 g/mol. The van der Waals surface area contributed by atoms with Gasteiger partial charge in [-0.2, -0.15) is 4.31 Å². The topological polar surface area (TPSA) is 105 Å². The number of methoxy groups -OCH3 is 1. The Balaban J connectivity index is 1.58. The number of anilines is 1. The fourth-order valence-electron chi connectivity index (χ4n) is 3.44. The first-order valence-corrected chi connectivity index (χ1v) is 11.6. The third-order valence-electron chi connectivity index (χ3n) is 5.25. The third kappa shape index (κ3) is 5.62. The molecule has 2 amide bonds. The summed E-state index contributed by atoms with van der Waals surface area (Å²) < 4.78 is 32.1. The van der Waals surface area contributed by atoms with Gasteiger partial charge < -0.3 is 15.4 Å². The molecule has 8 nitrogen and oxygen atoms in total. The molecule has 31 heavy (non-hydrogen) atoms. The van der Waals surface area contributed by atoms with Crippen LogP contribution in [0.4, 0.5) is 5.69 Å². The van der Waals surface area contributed by atoms with Gasteiger partial charge in [0.05, 0.1) is 17.9 Å². The molecule has 0 unspecified atom stereocenters. The van der Waals surface area contributed by atoms with E-state index in [1.807, 2.05) is 0 Å². The van der Waals surface area contributed by atoms with E-state index in [4.69, 9.17) is 4.74 Å². The van der Waals surface area contributed by atoms with Crippen molar-refractivity contribution in [2.45, 2.75) is 30.7 Å². The van der Waals surface area contributed by atoms with Crippen LogP contribution in [0.1, 0.15) is 19.8 Å². The molecule has 1 aliphatic rings. The Morgan fingerprint density at radius 2 is 1.77 bits per heavy atom. The SMILES string of the molecule is COc1ccc(NC(=O)[C@H](C)NC(=O)[C@H]2CCCN(S(=O)(=O)c3ccccc3)C2)cc1. The van der Waals surface area contributed by atoms with Crippen LogP contribution in [-0.4, -0.2) is 50.8 Å². The van der Waals surface area contributed by atoms with Gasteiger partial charge in [-0.3, -0.25) is 9.59 Å². The van der Waals surface area contributed by atoms with Crippen LogP contribution in [0.5, 0.6) is 5.75 Å². The molecule has 1 heterocycles. The van der Waals surface area contributed by atoms with Gasteiger partial charge in [0.15, 0.2) is 0 Å². The van der Waals surface area contributed by atoms with Crippen LogP contribution in [0.3, 0.4) is 0 Å². The predicted octanol–water partition coefficient (Wildman–Crippen LogP) is 2.24. The van der Waals surface area contributed by atoms with Crippen molar-refractivity contribution < 1.29 is 22.7 Å². The summed E-state index contributed by atoms with van der Waals surface area (Å²) in [6.45, 7) is 2.06. The van der Waals surface area contributed by atoms with Crippen molar-refractivity contribution in [1.29, 1.82) is 0 Å². The van der Waals surface area contributed by atoms with E-state index in [-0.39, 0.29) is 23.3 Å². The molecular formula is C22H27N3O5S. The number of hydrogen-bond donors (Lipinski definition) is 2. The van der Waals surface area contributed by atoms with Gasteiger partial charge in [0.2, 0.25) is 21.8 Å². The Kier molecular flexibility index (Phi) is 7.29. The second-order valence-corrected chi connectivity index (χ2v) is 9.40. The molecule has 166 valence electrons. The lowest BCUT2D eigenvalue weighted by atomic mass is 9.98. The van der Waals surface area contributed by atoms with Crippen molar-refractivity contribution in [2.24, 2.45) is 5.92 Å². The molecule has 0 aliphatic carbocycles. The van der Waals surface area contributed by atoms with E-state index < -0.39 is 22.0 Å². The summed E-state index contributed by atoms with van der Waals surface area (Å²) in [6.07, 6.45) is 1.15. The van der Waals surface area contributed by atoms with E-state index in [2.05, 4.69) is 10.6 Å². The van der Waals surface area contributed by atoms with Crippen LogP contribution in [0.15, 0.2) is 59.5 Å². The zero-order chi connectivity index (χ0) is 22.4. The zero-order valence-corrected chi connectivity index (χ0v) is 18.4. The standard InChI is InChI=1S/C22H27N3O5S/c1-16(21(26)24-18-10-12-19(30-2)13-11-18)23-22(27)17-7-6-14-25(15-17)31(28,29)20-8-4-3-5-9-20/h3-5,8-13,16-17H,6-7,14-15H2,1-2H3,(H,23,27)(H,24,26)/t16-,17-/m0/s1. The molecule has 2 atom stereocenters. The first-order valence-electron chi connectivity index (χ1n) is 10.1. The molecule has 2 aromatic carbocycles. The maximum Gasteiger partial charge on any atom is 0.246 e. The highest BCUT2D eigenvalue weighted by molar-refractivity contribution is 7.89. The van der Waals surface area contributed by atoms with E-state index >= 15 is 0 Å². The molecule has 3 rings (SSSR count). The summed E-state index contributed by atoms with van der Waals surface area (Å²) >= 11 is 0. The Morgan fingerprint density at radius 3 is 2.42 bits per heavy atom. The number of sulfonamides is 1. The fraction of sp³-hybridized carbons (Fsp3) is 0.364. The van der Waals surface area contributed by atoms with Crippen LogP contribution in [0.25, 0.3) is 0 Å². The van der Waals surface area contributed by atoms with Crippen molar-refractivity contribution in [3.63, 3.8) is 0 Å². The van der Waals surface area contributed by atoms with Gasteiger partial charge in [-0.15, -0.1) is 0 Å². The van der Waals surface area contributed by atoms with Crippen molar-refractivity contribution in [3.05, 3.63) is 54.6 Å². The van der Waals surface area contributed by atoms with Gasteiger partial charge in [-0.25, -0.2) is 8.42 Å². The highest BCUT2D eigenvalue weighted by atomic mass is 32.2. The van der Waals surface area contributed by atoms with Crippen LogP contribution in [0, 0.1) is 5.92 Å². The number of ether oxygens (including phenoxy) is 1. The lowest BCUT2D eigenvalue weighted by molar-refractivity contribution is -0.129. The van der Waals surface area contributed by atoms with E-state index in [0.717, 1.165) is 0 Å².